The van der Waals surface area contributed by atoms with E-state index in [0.29, 0.717) is 22.6 Å². The van der Waals surface area contributed by atoms with Crippen LogP contribution >= 0.6 is 15.9 Å². The molecule has 0 aliphatic rings. The first kappa shape index (κ1) is 24.1. The highest BCUT2D eigenvalue weighted by Crippen LogP contribution is 2.24. The van der Waals surface area contributed by atoms with Crippen LogP contribution in [0.4, 0.5) is 5.69 Å². The zero-order valence-electron chi connectivity index (χ0n) is 17.4. The maximum atomic E-state index is 12.4. The van der Waals surface area contributed by atoms with E-state index in [-0.39, 0.29) is 24.5 Å². The summed E-state index contributed by atoms with van der Waals surface area (Å²) in [5.74, 6) is -1.20. The van der Waals surface area contributed by atoms with Crippen molar-refractivity contribution in [3.63, 3.8) is 0 Å². The van der Waals surface area contributed by atoms with Crippen LogP contribution in [0.15, 0.2) is 46.9 Å². The van der Waals surface area contributed by atoms with Gasteiger partial charge in [0.05, 0.1) is 19.1 Å². The molecule has 0 fully saturated rings. The summed E-state index contributed by atoms with van der Waals surface area (Å²) in [6.07, 6.45) is -0.238. The van der Waals surface area contributed by atoms with Gasteiger partial charge in [0.25, 0.3) is 11.8 Å². The lowest BCUT2D eigenvalue weighted by molar-refractivity contribution is -0.147. The molecule has 0 aliphatic carbocycles. The molecule has 8 nitrogen and oxygen atoms in total. The summed E-state index contributed by atoms with van der Waals surface area (Å²) in [6, 6.07) is 11.4. The van der Waals surface area contributed by atoms with Crippen LogP contribution in [0.1, 0.15) is 33.6 Å². The van der Waals surface area contributed by atoms with Gasteiger partial charge in [0.15, 0.2) is 12.4 Å². The van der Waals surface area contributed by atoms with Gasteiger partial charge in [-0.2, -0.15) is 0 Å². The number of esters is 1. The summed E-state index contributed by atoms with van der Waals surface area (Å²) in [5, 5.41) is 2.57. The molecule has 0 aliphatic heterocycles. The van der Waals surface area contributed by atoms with Crippen molar-refractivity contribution in [2.24, 2.45) is 0 Å². The molecule has 2 aromatic carbocycles. The second-order valence-electron chi connectivity index (χ2n) is 6.75. The summed E-state index contributed by atoms with van der Waals surface area (Å²) in [7, 11) is 4.75. The van der Waals surface area contributed by atoms with Crippen molar-refractivity contribution in [3.05, 3.63) is 58.1 Å². The number of Topliss-reactive ketones (excluding diaryl/α,β-unsaturated/α-hetero) is 1. The molecule has 0 spiro atoms. The van der Waals surface area contributed by atoms with Crippen LogP contribution in [0.5, 0.6) is 5.75 Å². The zero-order valence-corrected chi connectivity index (χ0v) is 19.0. The van der Waals surface area contributed by atoms with Crippen molar-refractivity contribution >= 4 is 45.2 Å². The van der Waals surface area contributed by atoms with E-state index >= 15 is 0 Å². The van der Waals surface area contributed by atoms with Crippen LogP contribution in [-0.2, 0) is 14.3 Å². The predicted molar refractivity (Wildman–Crippen MR) is 118 cm³/mol. The van der Waals surface area contributed by atoms with Crippen molar-refractivity contribution in [1.82, 2.24) is 4.90 Å². The summed E-state index contributed by atoms with van der Waals surface area (Å²) in [4.78, 5) is 49.5. The minimum absolute atomic E-state index is 0.0748. The van der Waals surface area contributed by atoms with E-state index < -0.39 is 18.5 Å². The van der Waals surface area contributed by atoms with Gasteiger partial charge >= 0.3 is 5.97 Å². The largest absolute Gasteiger partial charge is 0.496 e. The minimum atomic E-state index is -0.663. The minimum Gasteiger partial charge on any atom is -0.496 e. The monoisotopic (exact) mass is 490 g/mol. The van der Waals surface area contributed by atoms with Crippen LogP contribution in [0, 0.1) is 0 Å². The lowest BCUT2D eigenvalue weighted by Crippen LogP contribution is -2.22. The average molecular weight is 491 g/mol. The zero-order chi connectivity index (χ0) is 23.0. The second-order valence-corrected chi connectivity index (χ2v) is 7.67. The molecular formula is C22H23BrN2O6. The summed E-state index contributed by atoms with van der Waals surface area (Å²) in [5.41, 5.74) is 1.31. The smallest absolute Gasteiger partial charge is 0.306 e. The van der Waals surface area contributed by atoms with Crippen LogP contribution in [0.3, 0.4) is 0 Å². The third-order valence-corrected chi connectivity index (χ3v) is 4.70. The molecule has 9 heteroatoms. The Balaban J connectivity index is 1.79. The number of carbonyl (C=O) groups is 4. The van der Waals surface area contributed by atoms with E-state index in [1.54, 1.807) is 56.6 Å². The van der Waals surface area contributed by atoms with Crippen molar-refractivity contribution < 1.29 is 28.7 Å². The summed E-state index contributed by atoms with van der Waals surface area (Å²) >= 11 is 3.30. The molecule has 0 heterocycles. The normalized spacial score (nSPS) is 10.2. The fourth-order valence-electron chi connectivity index (χ4n) is 2.62. The highest BCUT2D eigenvalue weighted by molar-refractivity contribution is 9.10. The SMILES string of the molecule is COc1ccc(Br)cc1C(=O)CCC(=O)OCC(=O)Nc1ccc(C(=O)N(C)C)cc1. The number of halogens is 1. The van der Waals surface area contributed by atoms with E-state index in [4.69, 9.17) is 9.47 Å². The second kappa shape index (κ2) is 11.3. The summed E-state index contributed by atoms with van der Waals surface area (Å²) in [6.45, 7) is -0.481. The highest BCUT2D eigenvalue weighted by Gasteiger charge is 2.16. The Morgan fingerprint density at radius 1 is 1.00 bits per heavy atom. The van der Waals surface area contributed by atoms with Crippen molar-refractivity contribution in [2.45, 2.75) is 12.8 Å². The van der Waals surface area contributed by atoms with Gasteiger partial charge in [-0.15, -0.1) is 0 Å². The first-order valence-corrected chi connectivity index (χ1v) is 10.1. The molecule has 0 saturated heterocycles. The molecule has 2 aromatic rings. The van der Waals surface area contributed by atoms with Gasteiger partial charge in [-0.3, -0.25) is 19.2 Å². The maximum Gasteiger partial charge on any atom is 0.306 e. The van der Waals surface area contributed by atoms with Gasteiger partial charge in [0, 0.05) is 36.2 Å². The molecule has 0 saturated carbocycles. The highest BCUT2D eigenvalue weighted by atomic mass is 79.9. The molecule has 2 rings (SSSR count). The quantitative estimate of drug-likeness (QED) is 0.427. The molecule has 0 radical (unpaired) electrons. The molecular weight excluding hydrogens is 468 g/mol. The maximum absolute atomic E-state index is 12.4. The van der Waals surface area contributed by atoms with Crippen LogP contribution in [0.2, 0.25) is 0 Å². The van der Waals surface area contributed by atoms with Crippen molar-refractivity contribution in [2.75, 3.05) is 33.1 Å². The molecule has 0 atom stereocenters. The number of hydrogen-bond donors (Lipinski definition) is 1. The number of carbonyl (C=O) groups excluding carboxylic acids is 4. The average Bonchev–Trinajstić information content (AvgIpc) is 2.75. The van der Waals surface area contributed by atoms with E-state index in [9.17, 15) is 19.2 Å². The molecule has 0 bridgehead atoms. The fourth-order valence-corrected chi connectivity index (χ4v) is 2.98. The molecule has 0 unspecified atom stereocenters. The molecule has 2 amide bonds. The Morgan fingerprint density at radius 3 is 2.29 bits per heavy atom. The number of nitrogens with zero attached hydrogens (tertiary/aromatic N) is 1. The van der Waals surface area contributed by atoms with Gasteiger partial charge in [0.1, 0.15) is 5.75 Å². The third-order valence-electron chi connectivity index (χ3n) is 4.20. The first-order chi connectivity index (χ1) is 14.7. The molecule has 164 valence electrons. The van der Waals surface area contributed by atoms with Crippen molar-refractivity contribution in [1.29, 1.82) is 0 Å². The van der Waals surface area contributed by atoms with E-state index in [2.05, 4.69) is 21.2 Å². The third kappa shape index (κ3) is 7.21. The Kier molecular flexibility index (Phi) is 8.75. The lowest BCUT2D eigenvalue weighted by atomic mass is 10.1. The number of ketones is 1. The number of rotatable bonds is 9. The number of amides is 2. The standard InChI is InChI=1S/C22H23BrN2O6/c1-25(2)22(29)14-4-7-16(8-5-14)24-20(27)13-31-21(28)11-9-18(26)17-12-15(23)6-10-19(17)30-3/h4-8,10,12H,9,11,13H2,1-3H3,(H,24,27). The number of ether oxygens (including phenoxy) is 2. The van der Waals surface area contributed by atoms with Crippen LogP contribution in [-0.4, -0.2) is 56.3 Å². The van der Waals surface area contributed by atoms with Gasteiger partial charge < -0.3 is 19.7 Å². The number of methoxy groups -OCH3 is 1. The predicted octanol–water partition coefficient (Wildman–Crippen LogP) is 3.30. The van der Waals surface area contributed by atoms with Gasteiger partial charge in [-0.05, 0) is 42.5 Å². The number of hydrogen-bond acceptors (Lipinski definition) is 6. The molecule has 1 N–H and O–H groups in total. The molecule has 31 heavy (non-hydrogen) atoms. The van der Waals surface area contributed by atoms with Gasteiger partial charge in [-0.25, -0.2) is 0 Å². The lowest BCUT2D eigenvalue weighted by Gasteiger charge is -2.11. The van der Waals surface area contributed by atoms with Crippen molar-refractivity contribution in [3.8, 4) is 5.75 Å². The number of benzene rings is 2. The fraction of sp³-hybridized carbons (Fsp3) is 0.273. The number of anilines is 1. The van der Waals surface area contributed by atoms with Gasteiger partial charge in [-0.1, -0.05) is 15.9 Å². The Hall–Kier alpha value is -3.20. The van der Waals surface area contributed by atoms with E-state index in [1.165, 1.54) is 12.0 Å². The van der Waals surface area contributed by atoms with E-state index in [1.807, 2.05) is 0 Å². The topological polar surface area (TPSA) is 102 Å². The van der Waals surface area contributed by atoms with Gasteiger partial charge in [0.2, 0.25) is 0 Å². The van der Waals surface area contributed by atoms with Crippen LogP contribution in [0.25, 0.3) is 0 Å². The summed E-state index contributed by atoms with van der Waals surface area (Å²) < 4.78 is 10.8. The number of nitrogens with one attached hydrogen (secondary N) is 1. The molecule has 0 aromatic heterocycles. The first-order valence-electron chi connectivity index (χ1n) is 9.35. The Bertz CT molecular complexity index is 972. The van der Waals surface area contributed by atoms with Crippen LogP contribution < -0.4 is 10.1 Å². The Morgan fingerprint density at radius 2 is 1.68 bits per heavy atom. The Labute approximate surface area is 188 Å². The van der Waals surface area contributed by atoms with E-state index in [0.717, 1.165) is 4.47 Å².